The van der Waals surface area contributed by atoms with E-state index in [1.165, 1.54) is 18.2 Å². The summed E-state index contributed by atoms with van der Waals surface area (Å²) in [5, 5.41) is 16.8. The number of amides is 1. The number of hydrogen-bond donors (Lipinski definition) is 3. The van der Waals surface area contributed by atoms with Crippen molar-refractivity contribution >= 4 is 38.7 Å². The van der Waals surface area contributed by atoms with Gasteiger partial charge in [0.05, 0.1) is 16.9 Å². The predicted octanol–water partition coefficient (Wildman–Crippen LogP) is 2.93. The van der Waals surface area contributed by atoms with Crippen molar-refractivity contribution in [2.75, 3.05) is 21.6 Å². The highest BCUT2D eigenvalue weighted by Gasteiger charge is 2.25. The van der Waals surface area contributed by atoms with Crippen molar-refractivity contribution in [3.8, 4) is 0 Å². The van der Waals surface area contributed by atoms with Crippen LogP contribution in [-0.4, -0.2) is 31.5 Å². The first-order chi connectivity index (χ1) is 13.1. The summed E-state index contributed by atoms with van der Waals surface area (Å²) in [6.45, 7) is 0. The van der Waals surface area contributed by atoms with Crippen molar-refractivity contribution in [3.63, 3.8) is 0 Å². The summed E-state index contributed by atoms with van der Waals surface area (Å²) in [5.41, 5.74) is -0.0470. The molecule has 1 aliphatic rings. The van der Waals surface area contributed by atoms with Crippen LogP contribution in [0.25, 0.3) is 0 Å². The third-order valence-electron chi connectivity index (χ3n) is 3.91. The van der Waals surface area contributed by atoms with E-state index in [1.54, 1.807) is 0 Å². The third-order valence-corrected chi connectivity index (χ3v) is 4.50. The number of nitrogens with one attached hydrogen (secondary N) is 3. The molecule has 0 unspecified atom stereocenters. The lowest BCUT2D eigenvalue weighted by atomic mass is 10.1. The first-order valence-corrected chi connectivity index (χ1v) is 10.2. The molecule has 2 aromatic carbocycles. The highest BCUT2D eigenvalue weighted by Crippen LogP contribution is 2.32. The minimum absolute atomic E-state index is 0.0370. The van der Waals surface area contributed by atoms with Crippen LogP contribution in [0.15, 0.2) is 36.4 Å². The van der Waals surface area contributed by atoms with Gasteiger partial charge in [-0.3, -0.25) is 19.6 Å². The SMILES string of the molecule is CS(=O)(=O)Nc1cc(NC(=O)c2ccc(NC3CC3)c([N+](=O)[O-])c2)ccc1F. The molecule has 3 N–H and O–H groups in total. The Bertz CT molecular complexity index is 1050. The Labute approximate surface area is 160 Å². The van der Waals surface area contributed by atoms with E-state index in [4.69, 9.17) is 0 Å². The molecule has 0 radical (unpaired) electrons. The maximum atomic E-state index is 13.7. The van der Waals surface area contributed by atoms with Gasteiger partial charge in [0, 0.05) is 23.4 Å². The van der Waals surface area contributed by atoms with E-state index < -0.39 is 26.7 Å². The quantitative estimate of drug-likeness (QED) is 0.477. The molecule has 1 aliphatic carbocycles. The summed E-state index contributed by atoms with van der Waals surface area (Å²) in [5.74, 6) is -1.47. The van der Waals surface area contributed by atoms with E-state index in [0.717, 1.165) is 37.3 Å². The molecule has 1 fully saturated rings. The van der Waals surface area contributed by atoms with Gasteiger partial charge in [0.2, 0.25) is 10.0 Å². The monoisotopic (exact) mass is 408 g/mol. The average Bonchev–Trinajstić information content (AvgIpc) is 3.40. The molecule has 11 heteroatoms. The van der Waals surface area contributed by atoms with Gasteiger partial charge in [-0.2, -0.15) is 0 Å². The molecule has 3 rings (SSSR count). The number of carbonyl (C=O) groups excluding carboxylic acids is 1. The smallest absolute Gasteiger partial charge is 0.293 e. The second-order valence-electron chi connectivity index (χ2n) is 6.43. The van der Waals surface area contributed by atoms with E-state index in [9.17, 15) is 27.7 Å². The molecule has 0 saturated heterocycles. The fraction of sp³-hybridized carbons (Fsp3) is 0.235. The van der Waals surface area contributed by atoms with Gasteiger partial charge in [0.15, 0.2) is 0 Å². The molecule has 0 atom stereocenters. The van der Waals surface area contributed by atoms with E-state index in [-0.39, 0.29) is 28.7 Å². The summed E-state index contributed by atoms with van der Waals surface area (Å²) in [6, 6.07) is 7.62. The summed E-state index contributed by atoms with van der Waals surface area (Å²) in [4.78, 5) is 23.2. The molecule has 1 saturated carbocycles. The van der Waals surface area contributed by atoms with Gasteiger partial charge in [-0.25, -0.2) is 12.8 Å². The number of benzene rings is 2. The first-order valence-electron chi connectivity index (χ1n) is 8.26. The second kappa shape index (κ2) is 7.43. The minimum atomic E-state index is -3.71. The Hall–Kier alpha value is -3.21. The number of hydrogen-bond acceptors (Lipinski definition) is 6. The van der Waals surface area contributed by atoms with Gasteiger partial charge in [-0.05, 0) is 43.2 Å². The van der Waals surface area contributed by atoms with Crippen molar-refractivity contribution in [1.29, 1.82) is 0 Å². The van der Waals surface area contributed by atoms with Crippen molar-refractivity contribution in [2.45, 2.75) is 18.9 Å². The number of nitrogens with zero attached hydrogens (tertiary/aromatic N) is 1. The van der Waals surface area contributed by atoms with Crippen molar-refractivity contribution in [1.82, 2.24) is 0 Å². The maximum absolute atomic E-state index is 13.7. The first kappa shape index (κ1) is 19.5. The number of sulfonamides is 1. The number of halogens is 1. The molecule has 28 heavy (non-hydrogen) atoms. The second-order valence-corrected chi connectivity index (χ2v) is 8.18. The zero-order valence-corrected chi connectivity index (χ0v) is 15.5. The number of nitro benzene ring substituents is 1. The van der Waals surface area contributed by atoms with E-state index >= 15 is 0 Å². The topological polar surface area (TPSA) is 130 Å². The number of anilines is 3. The summed E-state index contributed by atoms with van der Waals surface area (Å²) in [6.07, 6.45) is 2.75. The lowest BCUT2D eigenvalue weighted by Gasteiger charge is -2.10. The van der Waals surface area contributed by atoms with Crippen molar-refractivity contribution < 1.29 is 22.5 Å². The van der Waals surface area contributed by atoms with Crippen LogP contribution >= 0.6 is 0 Å². The van der Waals surface area contributed by atoms with Gasteiger partial charge < -0.3 is 10.6 Å². The maximum Gasteiger partial charge on any atom is 0.293 e. The van der Waals surface area contributed by atoms with Crippen LogP contribution in [0.1, 0.15) is 23.2 Å². The number of nitro groups is 1. The summed E-state index contributed by atoms with van der Waals surface area (Å²) < 4.78 is 38.3. The van der Waals surface area contributed by atoms with Crippen LogP contribution in [-0.2, 0) is 10.0 Å². The van der Waals surface area contributed by atoms with E-state index in [1.807, 2.05) is 4.72 Å². The average molecular weight is 408 g/mol. The molecule has 2 aromatic rings. The Morgan fingerprint density at radius 3 is 2.50 bits per heavy atom. The fourth-order valence-electron chi connectivity index (χ4n) is 2.48. The standard InChI is InChI=1S/C17H17FN4O5S/c1-28(26,27)21-15-9-12(5-6-13(15)18)20-17(23)10-2-7-14(19-11-3-4-11)16(8-10)22(24)25/h2,5-9,11,19,21H,3-4H2,1H3,(H,20,23). The van der Waals surface area contributed by atoms with Gasteiger partial charge in [0.1, 0.15) is 11.5 Å². The molecule has 0 spiro atoms. The lowest BCUT2D eigenvalue weighted by molar-refractivity contribution is -0.384. The molecular formula is C17H17FN4O5S. The zero-order chi connectivity index (χ0) is 20.5. The van der Waals surface area contributed by atoms with Crippen LogP contribution in [0.5, 0.6) is 0 Å². The van der Waals surface area contributed by atoms with Crippen molar-refractivity contribution in [3.05, 3.63) is 57.9 Å². The van der Waals surface area contributed by atoms with Crippen molar-refractivity contribution in [2.24, 2.45) is 0 Å². The van der Waals surface area contributed by atoms with Crippen LogP contribution in [0, 0.1) is 15.9 Å². The van der Waals surface area contributed by atoms with E-state index in [2.05, 4.69) is 10.6 Å². The van der Waals surface area contributed by atoms with E-state index in [0.29, 0.717) is 5.69 Å². The molecule has 148 valence electrons. The highest BCUT2D eigenvalue weighted by molar-refractivity contribution is 7.92. The molecular weight excluding hydrogens is 391 g/mol. The molecule has 0 heterocycles. The van der Waals surface area contributed by atoms with Gasteiger partial charge in [-0.15, -0.1) is 0 Å². The molecule has 0 bridgehead atoms. The molecule has 0 aliphatic heterocycles. The fourth-order valence-corrected chi connectivity index (χ4v) is 3.03. The predicted molar refractivity (Wildman–Crippen MR) is 103 cm³/mol. The Morgan fingerprint density at radius 2 is 1.89 bits per heavy atom. The summed E-state index contributed by atoms with van der Waals surface area (Å²) in [7, 11) is -3.71. The van der Waals surface area contributed by atoms with Gasteiger partial charge in [0.25, 0.3) is 11.6 Å². The Balaban J connectivity index is 1.82. The normalized spacial score (nSPS) is 13.6. The molecule has 9 nitrogen and oxygen atoms in total. The largest absolute Gasteiger partial charge is 0.377 e. The van der Waals surface area contributed by atoms with Crippen LogP contribution < -0.4 is 15.4 Å². The zero-order valence-electron chi connectivity index (χ0n) is 14.7. The van der Waals surface area contributed by atoms with Gasteiger partial charge >= 0.3 is 0 Å². The van der Waals surface area contributed by atoms with Crippen LogP contribution in [0.3, 0.4) is 0 Å². The van der Waals surface area contributed by atoms with Crippen LogP contribution in [0.4, 0.5) is 27.1 Å². The van der Waals surface area contributed by atoms with Crippen LogP contribution in [0.2, 0.25) is 0 Å². The molecule has 0 aromatic heterocycles. The minimum Gasteiger partial charge on any atom is -0.377 e. The third kappa shape index (κ3) is 4.94. The number of rotatable bonds is 7. The number of carbonyl (C=O) groups is 1. The Morgan fingerprint density at radius 1 is 1.18 bits per heavy atom. The summed E-state index contributed by atoms with van der Waals surface area (Å²) >= 11 is 0. The van der Waals surface area contributed by atoms with Gasteiger partial charge in [-0.1, -0.05) is 0 Å². The molecule has 1 amide bonds. The lowest BCUT2D eigenvalue weighted by Crippen LogP contribution is -2.14. The highest BCUT2D eigenvalue weighted by atomic mass is 32.2. The Kier molecular flexibility index (Phi) is 5.18.